The molecule has 2 amide bonds. The molecule has 1 aliphatic rings. The molecular formula is C25H30Cl2N2O2. The van der Waals surface area contributed by atoms with Crippen LogP contribution in [0.1, 0.15) is 55.7 Å². The van der Waals surface area contributed by atoms with Gasteiger partial charge >= 0.3 is 0 Å². The zero-order chi connectivity index (χ0) is 22.4. The molecule has 2 aromatic rings. The van der Waals surface area contributed by atoms with Crippen molar-refractivity contribution in [3.63, 3.8) is 0 Å². The fourth-order valence-electron chi connectivity index (χ4n) is 3.96. The Bertz CT molecular complexity index is 908. The Kier molecular flexibility index (Phi) is 8.39. The van der Waals surface area contributed by atoms with E-state index in [-0.39, 0.29) is 24.4 Å². The van der Waals surface area contributed by atoms with Gasteiger partial charge in [0, 0.05) is 29.1 Å². The molecule has 166 valence electrons. The number of rotatable bonds is 8. The number of nitrogens with zero attached hydrogens (tertiary/aromatic N) is 1. The van der Waals surface area contributed by atoms with Gasteiger partial charge in [0.25, 0.3) is 0 Å². The van der Waals surface area contributed by atoms with E-state index in [1.54, 1.807) is 24.0 Å². The molecule has 1 saturated carbocycles. The van der Waals surface area contributed by atoms with Gasteiger partial charge in [0.05, 0.1) is 0 Å². The van der Waals surface area contributed by atoms with E-state index in [0.29, 0.717) is 22.9 Å². The zero-order valence-corrected chi connectivity index (χ0v) is 19.7. The number of amides is 2. The highest BCUT2D eigenvalue weighted by Crippen LogP contribution is 2.24. The van der Waals surface area contributed by atoms with Gasteiger partial charge in [-0.1, -0.05) is 71.9 Å². The van der Waals surface area contributed by atoms with Gasteiger partial charge in [-0.15, -0.1) is 0 Å². The molecule has 3 rings (SSSR count). The van der Waals surface area contributed by atoms with Crippen LogP contribution in [0.15, 0.2) is 42.5 Å². The van der Waals surface area contributed by atoms with Crippen LogP contribution in [0.4, 0.5) is 0 Å². The first-order chi connectivity index (χ1) is 14.8. The van der Waals surface area contributed by atoms with Crippen LogP contribution >= 0.6 is 23.2 Å². The molecule has 0 aromatic heterocycles. The third-order valence-corrected chi connectivity index (χ3v) is 6.56. The third-order valence-electron chi connectivity index (χ3n) is 5.97. The molecule has 4 nitrogen and oxygen atoms in total. The Morgan fingerprint density at radius 1 is 1.10 bits per heavy atom. The van der Waals surface area contributed by atoms with Gasteiger partial charge in [-0.25, -0.2) is 0 Å². The largest absolute Gasteiger partial charge is 0.352 e. The molecule has 0 spiro atoms. The van der Waals surface area contributed by atoms with Crippen molar-refractivity contribution >= 4 is 35.0 Å². The number of hydrogen-bond donors (Lipinski definition) is 1. The molecule has 1 aliphatic carbocycles. The number of carbonyl (C=O) groups is 2. The summed E-state index contributed by atoms with van der Waals surface area (Å²) in [6, 6.07) is 13.0. The summed E-state index contributed by atoms with van der Waals surface area (Å²) in [6.45, 7) is 4.09. The summed E-state index contributed by atoms with van der Waals surface area (Å²) >= 11 is 12.4. The Morgan fingerprint density at radius 2 is 1.77 bits per heavy atom. The number of carbonyl (C=O) groups excluding carboxylic acids is 2. The van der Waals surface area contributed by atoms with Crippen molar-refractivity contribution in [2.75, 3.05) is 0 Å². The van der Waals surface area contributed by atoms with Crippen molar-refractivity contribution in [1.29, 1.82) is 0 Å². The van der Waals surface area contributed by atoms with Crippen LogP contribution in [0.25, 0.3) is 0 Å². The fraction of sp³-hybridized carbons (Fsp3) is 0.440. The first-order valence-corrected chi connectivity index (χ1v) is 11.7. The molecule has 0 radical (unpaired) electrons. The Balaban J connectivity index is 1.73. The van der Waals surface area contributed by atoms with Crippen molar-refractivity contribution in [2.24, 2.45) is 0 Å². The summed E-state index contributed by atoms with van der Waals surface area (Å²) in [5.74, 6) is -0.179. The third kappa shape index (κ3) is 6.72. The van der Waals surface area contributed by atoms with Crippen molar-refractivity contribution in [2.45, 2.75) is 71.0 Å². The molecule has 31 heavy (non-hydrogen) atoms. The van der Waals surface area contributed by atoms with E-state index in [0.717, 1.165) is 36.8 Å². The minimum absolute atomic E-state index is 0.0688. The van der Waals surface area contributed by atoms with Gasteiger partial charge in [-0.3, -0.25) is 9.59 Å². The molecule has 0 aliphatic heterocycles. The molecule has 0 heterocycles. The lowest BCUT2D eigenvalue weighted by molar-refractivity contribution is -0.140. The van der Waals surface area contributed by atoms with Crippen LogP contribution in [0.3, 0.4) is 0 Å². The number of nitrogens with one attached hydrogen (secondary N) is 1. The zero-order valence-electron chi connectivity index (χ0n) is 18.2. The standard InChI is InChI=1S/C25H30Cl2N2O2/c1-17-7-9-19(10-8-17)11-14-24(30)29(16-20-12-13-21(26)15-23(20)27)18(2)25(31)28-22-5-3-4-6-22/h7-10,12-13,15,18,22H,3-6,11,14,16H2,1-2H3,(H,28,31)/t18-/m0/s1. The molecule has 1 atom stereocenters. The van der Waals surface area contributed by atoms with Gasteiger partial charge in [0.15, 0.2) is 0 Å². The summed E-state index contributed by atoms with van der Waals surface area (Å²) in [5.41, 5.74) is 3.06. The molecule has 1 N–H and O–H groups in total. The SMILES string of the molecule is Cc1ccc(CCC(=O)N(Cc2ccc(Cl)cc2Cl)[C@@H](C)C(=O)NC2CCCC2)cc1. The summed E-state index contributed by atoms with van der Waals surface area (Å²) < 4.78 is 0. The molecule has 6 heteroatoms. The van der Waals surface area contributed by atoms with Crippen LogP contribution in [0, 0.1) is 6.92 Å². The van der Waals surface area contributed by atoms with Gasteiger partial charge in [-0.2, -0.15) is 0 Å². The van der Waals surface area contributed by atoms with E-state index in [9.17, 15) is 9.59 Å². The van der Waals surface area contributed by atoms with Gasteiger partial charge < -0.3 is 10.2 Å². The highest BCUT2D eigenvalue weighted by molar-refractivity contribution is 6.35. The minimum Gasteiger partial charge on any atom is -0.352 e. The van der Waals surface area contributed by atoms with Crippen LogP contribution in [0.2, 0.25) is 10.0 Å². The number of aryl methyl sites for hydroxylation is 2. The monoisotopic (exact) mass is 460 g/mol. The van der Waals surface area contributed by atoms with Crippen LogP contribution < -0.4 is 5.32 Å². The average Bonchev–Trinajstić information content (AvgIpc) is 3.25. The summed E-state index contributed by atoms with van der Waals surface area (Å²) in [7, 11) is 0. The van der Waals surface area contributed by atoms with Gasteiger partial charge in [0.1, 0.15) is 6.04 Å². The summed E-state index contributed by atoms with van der Waals surface area (Å²) in [6.07, 6.45) is 5.24. The van der Waals surface area contributed by atoms with E-state index in [1.165, 1.54) is 5.56 Å². The molecule has 0 saturated heterocycles. The molecular weight excluding hydrogens is 431 g/mol. The summed E-state index contributed by atoms with van der Waals surface area (Å²) in [4.78, 5) is 27.8. The number of hydrogen-bond acceptors (Lipinski definition) is 2. The number of benzene rings is 2. The second-order valence-corrected chi connectivity index (χ2v) is 9.25. The second-order valence-electron chi connectivity index (χ2n) is 8.41. The maximum absolute atomic E-state index is 13.2. The first-order valence-electron chi connectivity index (χ1n) is 10.9. The van der Waals surface area contributed by atoms with Crippen LogP contribution in [-0.4, -0.2) is 28.8 Å². The lowest BCUT2D eigenvalue weighted by Gasteiger charge is -2.30. The van der Waals surface area contributed by atoms with Crippen LogP contribution in [0.5, 0.6) is 0 Å². The van der Waals surface area contributed by atoms with E-state index in [2.05, 4.69) is 5.32 Å². The van der Waals surface area contributed by atoms with Crippen molar-refractivity contribution in [3.8, 4) is 0 Å². The van der Waals surface area contributed by atoms with Gasteiger partial charge in [-0.05, 0) is 56.4 Å². The van der Waals surface area contributed by atoms with Crippen LogP contribution in [-0.2, 0) is 22.6 Å². The van der Waals surface area contributed by atoms with Gasteiger partial charge in [0.2, 0.25) is 11.8 Å². The maximum Gasteiger partial charge on any atom is 0.242 e. The number of halogens is 2. The Morgan fingerprint density at radius 3 is 2.42 bits per heavy atom. The quantitative estimate of drug-likeness (QED) is 0.548. The van der Waals surface area contributed by atoms with E-state index >= 15 is 0 Å². The van der Waals surface area contributed by atoms with Crippen molar-refractivity contribution < 1.29 is 9.59 Å². The lowest BCUT2D eigenvalue weighted by atomic mass is 10.1. The Labute approximate surface area is 194 Å². The summed E-state index contributed by atoms with van der Waals surface area (Å²) in [5, 5.41) is 4.15. The van der Waals surface area contributed by atoms with Crippen molar-refractivity contribution in [3.05, 3.63) is 69.2 Å². The predicted octanol–water partition coefficient (Wildman–Crippen LogP) is 5.71. The fourth-order valence-corrected chi connectivity index (χ4v) is 4.43. The normalized spacial score (nSPS) is 15.0. The Hall–Kier alpha value is -2.04. The van der Waals surface area contributed by atoms with Crippen molar-refractivity contribution in [1.82, 2.24) is 10.2 Å². The highest BCUT2D eigenvalue weighted by atomic mass is 35.5. The molecule has 1 fully saturated rings. The average molecular weight is 461 g/mol. The minimum atomic E-state index is -0.585. The highest BCUT2D eigenvalue weighted by Gasteiger charge is 2.28. The van der Waals surface area contributed by atoms with E-state index < -0.39 is 6.04 Å². The maximum atomic E-state index is 13.2. The predicted molar refractivity (Wildman–Crippen MR) is 126 cm³/mol. The van der Waals surface area contributed by atoms with E-state index in [1.807, 2.05) is 37.3 Å². The smallest absolute Gasteiger partial charge is 0.242 e. The second kappa shape index (κ2) is 11.0. The van der Waals surface area contributed by atoms with E-state index in [4.69, 9.17) is 23.2 Å². The lowest BCUT2D eigenvalue weighted by Crippen LogP contribution is -2.49. The first kappa shape index (κ1) is 23.6. The molecule has 0 bridgehead atoms. The molecule has 2 aromatic carbocycles. The topological polar surface area (TPSA) is 49.4 Å². The molecule has 0 unspecified atom stereocenters.